The molecule has 0 spiro atoms. The van der Waals surface area contributed by atoms with Gasteiger partial charge in [0.2, 0.25) is 5.91 Å². The minimum absolute atomic E-state index is 0.0490. The van der Waals surface area contributed by atoms with E-state index < -0.39 is 18.0 Å². The first-order valence-electron chi connectivity index (χ1n) is 8.48. The first-order chi connectivity index (χ1) is 12.3. The number of aliphatic hydroxyl groups excluding tert-OH is 1. The predicted molar refractivity (Wildman–Crippen MR) is 94.1 cm³/mol. The Morgan fingerprint density at radius 1 is 1.38 bits per heavy atom. The molecule has 2 aliphatic rings. The number of hydrogen-bond donors (Lipinski definition) is 4. The second-order valence-corrected chi connectivity index (χ2v) is 6.44. The van der Waals surface area contributed by atoms with E-state index in [4.69, 9.17) is 0 Å². The van der Waals surface area contributed by atoms with Crippen LogP contribution in [-0.2, 0) is 9.59 Å². The number of aliphatic carboxylic acids is 1. The quantitative estimate of drug-likeness (QED) is 0.590. The molecule has 0 unspecified atom stereocenters. The zero-order valence-electron chi connectivity index (χ0n) is 14.5. The highest BCUT2D eigenvalue weighted by Gasteiger charge is 2.56. The van der Waals surface area contributed by atoms with Crippen molar-refractivity contribution in [1.29, 1.82) is 0 Å². The highest BCUT2D eigenvalue weighted by Crippen LogP contribution is 2.47. The number of β-lactam (4-membered cyclic amide) rings is 1. The highest BCUT2D eigenvalue weighted by atomic mass is 16.4. The van der Waals surface area contributed by atoms with Gasteiger partial charge in [-0.3, -0.25) is 4.79 Å². The number of nitrogens with one attached hydrogen (secondary N) is 2. The number of carbonyl (C=O) groups is 3. The van der Waals surface area contributed by atoms with E-state index in [1.807, 2.05) is 0 Å². The van der Waals surface area contributed by atoms with E-state index in [9.17, 15) is 24.6 Å². The van der Waals surface area contributed by atoms with Crippen LogP contribution in [0.2, 0.25) is 0 Å². The SMILES string of the molecule is CCNC(=O)Nc1cccc(C2=C(C(=O)O)N3C(=O)[C@H]([C@@H](C)O)[C@H]3C2)c1. The number of urea groups is 1. The molecule has 0 bridgehead atoms. The van der Waals surface area contributed by atoms with E-state index in [1.54, 1.807) is 31.2 Å². The van der Waals surface area contributed by atoms with Gasteiger partial charge < -0.3 is 25.7 Å². The van der Waals surface area contributed by atoms with E-state index in [2.05, 4.69) is 10.6 Å². The number of carboxylic acid groups (broad SMARTS) is 1. The summed E-state index contributed by atoms with van der Waals surface area (Å²) < 4.78 is 0. The molecule has 0 aromatic heterocycles. The molecule has 0 aliphatic carbocycles. The van der Waals surface area contributed by atoms with Crippen LogP contribution < -0.4 is 10.6 Å². The molecular weight excluding hydrogens is 338 g/mol. The van der Waals surface area contributed by atoms with Gasteiger partial charge >= 0.3 is 12.0 Å². The van der Waals surface area contributed by atoms with Crippen molar-refractivity contribution in [3.05, 3.63) is 35.5 Å². The first kappa shape index (κ1) is 17.9. The van der Waals surface area contributed by atoms with Crippen LogP contribution in [0.1, 0.15) is 25.8 Å². The van der Waals surface area contributed by atoms with E-state index >= 15 is 0 Å². The highest BCUT2D eigenvalue weighted by molar-refractivity contribution is 6.06. The van der Waals surface area contributed by atoms with Gasteiger partial charge in [-0.15, -0.1) is 0 Å². The maximum Gasteiger partial charge on any atom is 0.352 e. The Balaban J connectivity index is 1.92. The lowest BCUT2D eigenvalue weighted by Crippen LogP contribution is -2.61. The maximum atomic E-state index is 12.3. The largest absolute Gasteiger partial charge is 0.477 e. The van der Waals surface area contributed by atoms with Crippen LogP contribution in [-0.4, -0.2) is 51.7 Å². The number of fused-ring (bicyclic) bond motifs is 1. The number of nitrogens with zero attached hydrogens (tertiary/aromatic N) is 1. The third kappa shape index (κ3) is 2.92. The fraction of sp³-hybridized carbons (Fsp3) is 0.389. The molecule has 26 heavy (non-hydrogen) atoms. The van der Waals surface area contributed by atoms with Gasteiger partial charge in [0.15, 0.2) is 0 Å². The molecule has 2 aliphatic heterocycles. The number of amides is 3. The lowest BCUT2D eigenvalue weighted by atomic mass is 9.82. The summed E-state index contributed by atoms with van der Waals surface area (Å²) in [5.41, 5.74) is 1.63. The van der Waals surface area contributed by atoms with Gasteiger partial charge in [0, 0.05) is 12.2 Å². The molecule has 3 amide bonds. The van der Waals surface area contributed by atoms with E-state index in [0.717, 1.165) is 0 Å². The van der Waals surface area contributed by atoms with Crippen molar-refractivity contribution < 1.29 is 24.6 Å². The summed E-state index contributed by atoms with van der Waals surface area (Å²) in [6.07, 6.45) is -0.475. The molecule has 4 N–H and O–H groups in total. The molecule has 2 heterocycles. The van der Waals surface area contributed by atoms with Crippen LogP contribution in [0, 0.1) is 5.92 Å². The fourth-order valence-corrected chi connectivity index (χ4v) is 3.65. The van der Waals surface area contributed by atoms with Crippen LogP contribution in [0.4, 0.5) is 10.5 Å². The maximum absolute atomic E-state index is 12.3. The van der Waals surface area contributed by atoms with Crippen molar-refractivity contribution in [2.45, 2.75) is 32.4 Å². The number of rotatable bonds is 5. The summed E-state index contributed by atoms with van der Waals surface area (Å²) in [4.78, 5) is 37.0. The van der Waals surface area contributed by atoms with Crippen LogP contribution in [0.25, 0.3) is 5.57 Å². The van der Waals surface area contributed by atoms with Crippen molar-refractivity contribution in [2.24, 2.45) is 5.92 Å². The summed E-state index contributed by atoms with van der Waals surface area (Å²) in [6.45, 7) is 3.83. The van der Waals surface area contributed by atoms with Crippen molar-refractivity contribution in [2.75, 3.05) is 11.9 Å². The van der Waals surface area contributed by atoms with E-state index in [-0.39, 0.29) is 23.7 Å². The lowest BCUT2D eigenvalue weighted by Gasteiger charge is -2.44. The van der Waals surface area contributed by atoms with Crippen molar-refractivity contribution >= 4 is 29.2 Å². The third-order valence-electron chi connectivity index (χ3n) is 4.74. The Morgan fingerprint density at radius 2 is 2.12 bits per heavy atom. The van der Waals surface area contributed by atoms with Gasteiger partial charge in [-0.1, -0.05) is 12.1 Å². The molecule has 1 aromatic carbocycles. The number of anilines is 1. The molecule has 1 saturated heterocycles. The van der Waals surface area contributed by atoms with Crippen molar-refractivity contribution in [1.82, 2.24) is 10.2 Å². The molecule has 3 atom stereocenters. The van der Waals surface area contributed by atoms with Gasteiger partial charge in [0.1, 0.15) is 5.70 Å². The van der Waals surface area contributed by atoms with Gasteiger partial charge in [0.05, 0.1) is 18.1 Å². The monoisotopic (exact) mass is 359 g/mol. The predicted octanol–water partition coefficient (Wildman–Crippen LogP) is 1.24. The summed E-state index contributed by atoms with van der Waals surface area (Å²) in [5.74, 6) is -2.13. The normalized spacial score (nSPS) is 22.6. The van der Waals surface area contributed by atoms with Crippen LogP contribution >= 0.6 is 0 Å². The zero-order valence-corrected chi connectivity index (χ0v) is 14.5. The summed E-state index contributed by atoms with van der Waals surface area (Å²) in [5, 5.41) is 24.7. The summed E-state index contributed by atoms with van der Waals surface area (Å²) >= 11 is 0. The number of aliphatic hydroxyl groups is 1. The molecule has 0 saturated carbocycles. The van der Waals surface area contributed by atoms with Crippen LogP contribution in [0.5, 0.6) is 0 Å². The molecule has 1 aromatic rings. The average molecular weight is 359 g/mol. The molecule has 1 fully saturated rings. The molecule has 138 valence electrons. The van der Waals surface area contributed by atoms with Gasteiger partial charge in [-0.25, -0.2) is 9.59 Å². The standard InChI is InChI=1S/C18H21N3O5/c1-3-19-18(26)20-11-6-4-5-10(7-11)12-8-13-14(9(2)22)16(23)21(13)15(12)17(24)25/h4-7,9,13-14,22H,3,8H2,1-2H3,(H,24,25)(H2,19,20,26)/t9-,13-,14-/m1/s1. The molecule has 3 rings (SSSR count). The third-order valence-corrected chi connectivity index (χ3v) is 4.74. The Hall–Kier alpha value is -2.87. The minimum atomic E-state index is -1.18. The number of carbonyl (C=O) groups excluding carboxylic acids is 2. The van der Waals surface area contributed by atoms with E-state index in [0.29, 0.717) is 29.8 Å². The summed E-state index contributed by atoms with van der Waals surface area (Å²) in [6, 6.07) is 6.15. The van der Waals surface area contributed by atoms with Crippen molar-refractivity contribution in [3.8, 4) is 0 Å². The Labute approximate surface area is 150 Å². The summed E-state index contributed by atoms with van der Waals surface area (Å²) in [7, 11) is 0. The van der Waals surface area contributed by atoms with Crippen LogP contribution in [0.3, 0.4) is 0 Å². The zero-order chi connectivity index (χ0) is 19.0. The first-order valence-corrected chi connectivity index (χ1v) is 8.48. The Bertz CT molecular complexity index is 802. The molecule has 0 radical (unpaired) electrons. The van der Waals surface area contributed by atoms with Gasteiger partial charge in [-0.2, -0.15) is 0 Å². The Kier molecular flexibility index (Phi) is 4.69. The second-order valence-electron chi connectivity index (χ2n) is 6.44. The Morgan fingerprint density at radius 3 is 2.73 bits per heavy atom. The van der Waals surface area contributed by atoms with Crippen LogP contribution in [0.15, 0.2) is 30.0 Å². The van der Waals surface area contributed by atoms with E-state index in [1.165, 1.54) is 11.8 Å². The van der Waals surface area contributed by atoms with Gasteiger partial charge in [-0.05, 0) is 43.5 Å². The van der Waals surface area contributed by atoms with Crippen molar-refractivity contribution in [3.63, 3.8) is 0 Å². The number of hydrogen-bond acceptors (Lipinski definition) is 4. The minimum Gasteiger partial charge on any atom is -0.477 e. The smallest absolute Gasteiger partial charge is 0.352 e. The molecular formula is C18H21N3O5. The lowest BCUT2D eigenvalue weighted by molar-refractivity contribution is -0.161. The topological polar surface area (TPSA) is 119 Å². The molecule has 8 nitrogen and oxygen atoms in total. The molecule has 8 heteroatoms. The van der Waals surface area contributed by atoms with Gasteiger partial charge in [0.25, 0.3) is 0 Å². The average Bonchev–Trinajstić information content (AvgIpc) is 2.90. The number of carboxylic acids is 1. The fourth-order valence-electron chi connectivity index (χ4n) is 3.65. The number of benzene rings is 1. The second kappa shape index (κ2) is 6.80.